The van der Waals surface area contributed by atoms with Gasteiger partial charge < -0.3 is 10.6 Å². The zero-order chi connectivity index (χ0) is 13.2. The van der Waals surface area contributed by atoms with E-state index in [4.69, 9.17) is 5.73 Å². The van der Waals surface area contributed by atoms with E-state index in [0.717, 1.165) is 19.0 Å². The molecule has 1 atom stereocenters. The molecule has 4 heteroatoms. The first-order valence-electron chi connectivity index (χ1n) is 6.95. The van der Waals surface area contributed by atoms with Gasteiger partial charge in [-0.1, -0.05) is 6.42 Å². The molecule has 2 heterocycles. The molecule has 0 radical (unpaired) electrons. The number of aromatic nitrogens is 1. The minimum Gasteiger partial charge on any atom is -0.321 e. The van der Waals surface area contributed by atoms with Gasteiger partial charge in [-0.15, -0.1) is 11.3 Å². The Kier molecular flexibility index (Phi) is 4.41. The van der Waals surface area contributed by atoms with Crippen molar-refractivity contribution < 1.29 is 0 Å². The molecule has 0 bridgehead atoms. The van der Waals surface area contributed by atoms with Crippen molar-refractivity contribution >= 4 is 11.3 Å². The number of nitrogens with zero attached hydrogens (tertiary/aromatic N) is 2. The Hall–Kier alpha value is -0.450. The van der Waals surface area contributed by atoms with Crippen molar-refractivity contribution in [2.45, 2.75) is 58.0 Å². The van der Waals surface area contributed by atoms with Crippen molar-refractivity contribution in [2.75, 3.05) is 13.1 Å². The van der Waals surface area contributed by atoms with Gasteiger partial charge in [0.05, 0.1) is 5.01 Å². The molecule has 1 aliphatic heterocycles. The summed E-state index contributed by atoms with van der Waals surface area (Å²) in [4.78, 5) is 8.28. The smallest absolute Gasteiger partial charge is 0.0941 e. The highest BCUT2D eigenvalue weighted by molar-refractivity contribution is 7.11. The summed E-state index contributed by atoms with van der Waals surface area (Å²) < 4.78 is 0. The average molecular weight is 267 g/mol. The maximum Gasteiger partial charge on any atom is 0.0941 e. The van der Waals surface area contributed by atoms with E-state index in [1.54, 1.807) is 11.3 Å². The van der Waals surface area contributed by atoms with Gasteiger partial charge in [0, 0.05) is 35.6 Å². The Morgan fingerprint density at radius 2 is 2.28 bits per heavy atom. The van der Waals surface area contributed by atoms with Gasteiger partial charge in [-0.2, -0.15) is 0 Å². The Labute approximate surface area is 114 Å². The summed E-state index contributed by atoms with van der Waals surface area (Å²) in [6.07, 6.45) is 7.09. The Bertz CT molecular complexity index is 381. The van der Waals surface area contributed by atoms with Crippen molar-refractivity contribution in [3.8, 4) is 0 Å². The van der Waals surface area contributed by atoms with Crippen molar-refractivity contribution in [3.63, 3.8) is 0 Å². The van der Waals surface area contributed by atoms with Gasteiger partial charge in [-0.3, -0.25) is 0 Å². The van der Waals surface area contributed by atoms with Crippen LogP contribution < -0.4 is 5.73 Å². The summed E-state index contributed by atoms with van der Waals surface area (Å²) in [6, 6.07) is 0.740. The largest absolute Gasteiger partial charge is 0.321 e. The van der Waals surface area contributed by atoms with E-state index in [-0.39, 0.29) is 5.54 Å². The molecule has 0 spiro atoms. The van der Waals surface area contributed by atoms with Crippen molar-refractivity contribution in [2.24, 2.45) is 5.73 Å². The lowest BCUT2D eigenvalue weighted by atomic mass is 10.0. The quantitative estimate of drug-likeness (QED) is 0.912. The molecule has 0 aromatic carbocycles. The monoisotopic (exact) mass is 267 g/mol. The molecule has 1 unspecified atom stereocenters. The van der Waals surface area contributed by atoms with Gasteiger partial charge >= 0.3 is 0 Å². The number of thiazole rings is 1. The maximum atomic E-state index is 6.09. The molecule has 3 nitrogen and oxygen atoms in total. The standard InChI is InChI=1S/C14H25N3S/c1-11-6-4-5-8-17(11)9-7-13-16-10-12(18-13)14(2,3)15/h10-11H,4-9,15H2,1-3H3. The van der Waals surface area contributed by atoms with Gasteiger partial charge in [0.15, 0.2) is 0 Å². The summed E-state index contributed by atoms with van der Waals surface area (Å²) in [5.41, 5.74) is 5.84. The van der Waals surface area contributed by atoms with Gasteiger partial charge in [0.2, 0.25) is 0 Å². The minimum atomic E-state index is -0.256. The second-order valence-electron chi connectivity index (χ2n) is 5.97. The molecule has 1 aliphatic rings. The third-order valence-corrected chi connectivity index (χ3v) is 5.14. The Morgan fingerprint density at radius 1 is 1.50 bits per heavy atom. The zero-order valence-electron chi connectivity index (χ0n) is 11.8. The van der Waals surface area contributed by atoms with E-state index in [1.165, 1.54) is 35.7 Å². The fourth-order valence-corrected chi connectivity index (χ4v) is 3.37. The molecule has 0 aliphatic carbocycles. The molecule has 0 saturated carbocycles. The van der Waals surface area contributed by atoms with Crippen LogP contribution in [-0.4, -0.2) is 29.0 Å². The van der Waals surface area contributed by atoms with Crippen molar-refractivity contribution in [3.05, 3.63) is 16.1 Å². The summed E-state index contributed by atoms with van der Waals surface area (Å²) in [6.45, 7) is 8.81. The first kappa shape index (κ1) is 14.0. The van der Waals surface area contributed by atoms with Crippen molar-refractivity contribution in [1.82, 2.24) is 9.88 Å². The number of piperidine rings is 1. The first-order valence-corrected chi connectivity index (χ1v) is 7.76. The third-order valence-electron chi connectivity index (χ3n) is 3.74. The molecule has 1 saturated heterocycles. The predicted octanol–water partition coefficient (Wildman–Crippen LogP) is 2.75. The van der Waals surface area contributed by atoms with E-state index in [2.05, 4.69) is 16.8 Å². The molecule has 102 valence electrons. The molecular formula is C14H25N3S. The third kappa shape index (κ3) is 3.53. The number of rotatable bonds is 4. The van der Waals surface area contributed by atoms with Crippen LogP contribution in [-0.2, 0) is 12.0 Å². The lowest BCUT2D eigenvalue weighted by molar-refractivity contribution is 0.163. The lowest BCUT2D eigenvalue weighted by Crippen LogP contribution is -2.38. The normalized spacial score (nSPS) is 22.3. The Morgan fingerprint density at radius 3 is 2.89 bits per heavy atom. The molecular weight excluding hydrogens is 242 g/mol. The van der Waals surface area contributed by atoms with Gasteiger partial charge in [0.25, 0.3) is 0 Å². The predicted molar refractivity (Wildman–Crippen MR) is 77.9 cm³/mol. The van der Waals surface area contributed by atoms with Gasteiger partial charge in [-0.25, -0.2) is 4.98 Å². The lowest BCUT2D eigenvalue weighted by Gasteiger charge is -2.33. The number of hydrogen-bond acceptors (Lipinski definition) is 4. The van der Waals surface area contributed by atoms with E-state index in [9.17, 15) is 0 Å². The number of hydrogen-bond donors (Lipinski definition) is 1. The van der Waals surface area contributed by atoms with E-state index in [0.29, 0.717) is 0 Å². The highest BCUT2D eigenvalue weighted by Gasteiger charge is 2.20. The van der Waals surface area contributed by atoms with Crippen LogP contribution in [0, 0.1) is 0 Å². The summed E-state index contributed by atoms with van der Waals surface area (Å²) in [7, 11) is 0. The first-order chi connectivity index (χ1) is 8.47. The highest BCUT2D eigenvalue weighted by Crippen LogP contribution is 2.24. The van der Waals surface area contributed by atoms with Crippen LogP contribution in [0.5, 0.6) is 0 Å². The number of likely N-dealkylation sites (tertiary alicyclic amines) is 1. The van der Waals surface area contributed by atoms with Crippen LogP contribution in [0.25, 0.3) is 0 Å². The molecule has 1 aromatic rings. The Balaban J connectivity index is 1.88. The fraction of sp³-hybridized carbons (Fsp3) is 0.786. The molecule has 2 N–H and O–H groups in total. The van der Waals surface area contributed by atoms with Crippen LogP contribution in [0.4, 0.5) is 0 Å². The van der Waals surface area contributed by atoms with Crippen LogP contribution in [0.15, 0.2) is 6.20 Å². The van der Waals surface area contributed by atoms with E-state index in [1.807, 2.05) is 20.0 Å². The van der Waals surface area contributed by atoms with Gasteiger partial charge in [0.1, 0.15) is 0 Å². The number of nitrogens with two attached hydrogens (primary N) is 1. The van der Waals surface area contributed by atoms with Crippen LogP contribution in [0.1, 0.15) is 49.9 Å². The minimum absolute atomic E-state index is 0.256. The topological polar surface area (TPSA) is 42.2 Å². The van der Waals surface area contributed by atoms with Crippen LogP contribution in [0.3, 0.4) is 0 Å². The molecule has 18 heavy (non-hydrogen) atoms. The second kappa shape index (κ2) is 5.68. The van der Waals surface area contributed by atoms with E-state index >= 15 is 0 Å². The van der Waals surface area contributed by atoms with Gasteiger partial charge in [-0.05, 0) is 40.2 Å². The molecule has 0 amide bonds. The van der Waals surface area contributed by atoms with Crippen molar-refractivity contribution in [1.29, 1.82) is 0 Å². The summed E-state index contributed by atoms with van der Waals surface area (Å²) in [5, 5.41) is 1.22. The summed E-state index contributed by atoms with van der Waals surface area (Å²) >= 11 is 1.77. The molecule has 1 aromatic heterocycles. The average Bonchev–Trinajstić information content (AvgIpc) is 2.76. The molecule has 2 rings (SSSR count). The zero-order valence-corrected chi connectivity index (χ0v) is 12.6. The van der Waals surface area contributed by atoms with Crippen LogP contribution >= 0.6 is 11.3 Å². The highest BCUT2D eigenvalue weighted by atomic mass is 32.1. The van der Waals surface area contributed by atoms with Crippen LogP contribution in [0.2, 0.25) is 0 Å². The SMILES string of the molecule is CC1CCCCN1CCc1ncc(C(C)(C)N)s1. The van der Waals surface area contributed by atoms with E-state index < -0.39 is 0 Å². The fourth-order valence-electron chi connectivity index (χ4n) is 2.45. The second-order valence-corrected chi connectivity index (χ2v) is 7.09. The summed E-state index contributed by atoms with van der Waals surface area (Å²) in [5.74, 6) is 0. The maximum absolute atomic E-state index is 6.09. The molecule has 1 fully saturated rings.